The summed E-state index contributed by atoms with van der Waals surface area (Å²) in [6.07, 6.45) is 4.33. The van der Waals surface area contributed by atoms with Crippen molar-refractivity contribution in [2.75, 3.05) is 13.1 Å². The lowest BCUT2D eigenvalue weighted by atomic mass is 9.92. The molecule has 1 amide bonds. The van der Waals surface area contributed by atoms with Crippen molar-refractivity contribution in [1.29, 1.82) is 0 Å². The second kappa shape index (κ2) is 6.19. The number of carbonyl (C=O) groups is 1. The van der Waals surface area contributed by atoms with Crippen LogP contribution in [0.1, 0.15) is 48.9 Å². The van der Waals surface area contributed by atoms with Crippen molar-refractivity contribution in [3.63, 3.8) is 0 Å². The van der Waals surface area contributed by atoms with Crippen LogP contribution in [0.2, 0.25) is 0 Å². The van der Waals surface area contributed by atoms with E-state index in [2.05, 4.69) is 6.92 Å². The highest BCUT2D eigenvalue weighted by atomic mass is 32.2. The van der Waals surface area contributed by atoms with Crippen LogP contribution in [-0.4, -0.2) is 32.3 Å². The lowest BCUT2D eigenvalue weighted by Crippen LogP contribution is -2.38. The van der Waals surface area contributed by atoms with Crippen LogP contribution in [0.3, 0.4) is 0 Å². The van der Waals surface area contributed by atoms with Gasteiger partial charge in [0.1, 0.15) is 10.7 Å². The molecule has 1 aromatic rings. The molecule has 118 valence electrons. The summed E-state index contributed by atoms with van der Waals surface area (Å²) in [6, 6.07) is 1.23. The summed E-state index contributed by atoms with van der Waals surface area (Å²) in [5.74, 6) is 0.618. The molecule has 2 N–H and O–H groups in total. The highest BCUT2D eigenvalue weighted by Crippen LogP contribution is 2.25. The third-order valence-electron chi connectivity index (χ3n) is 3.99. The van der Waals surface area contributed by atoms with Crippen LogP contribution in [0.5, 0.6) is 0 Å². The lowest BCUT2D eigenvalue weighted by molar-refractivity contribution is 0.0653. The van der Waals surface area contributed by atoms with Gasteiger partial charge in [0.15, 0.2) is 5.76 Å². The Morgan fingerprint density at radius 2 is 2.05 bits per heavy atom. The molecule has 7 heteroatoms. The van der Waals surface area contributed by atoms with Crippen LogP contribution >= 0.6 is 0 Å². The zero-order valence-corrected chi connectivity index (χ0v) is 13.3. The van der Waals surface area contributed by atoms with E-state index in [0.29, 0.717) is 19.0 Å². The largest absolute Gasteiger partial charge is 0.455 e. The minimum atomic E-state index is -3.86. The summed E-state index contributed by atoms with van der Waals surface area (Å²) in [4.78, 5) is 14.0. The molecule has 0 spiro atoms. The first-order chi connectivity index (χ1) is 9.82. The number of nitrogens with two attached hydrogens (primary N) is 1. The first-order valence-electron chi connectivity index (χ1n) is 7.25. The van der Waals surface area contributed by atoms with Crippen LogP contribution in [0.25, 0.3) is 0 Å². The number of carbonyl (C=O) groups excluding carboxylic acids is 1. The van der Waals surface area contributed by atoms with Crippen molar-refractivity contribution in [2.24, 2.45) is 11.1 Å². The van der Waals surface area contributed by atoms with Crippen LogP contribution < -0.4 is 5.14 Å². The number of hydrogen-bond acceptors (Lipinski definition) is 4. The Bertz CT molecular complexity index is 613. The molecular formula is C14H22N2O4S. The number of nitrogens with zero attached hydrogens (tertiary/aromatic N) is 1. The van der Waals surface area contributed by atoms with Crippen LogP contribution in [-0.2, 0) is 10.0 Å². The van der Waals surface area contributed by atoms with Crippen LogP contribution in [0, 0.1) is 12.8 Å². The van der Waals surface area contributed by atoms with Gasteiger partial charge >= 0.3 is 0 Å². The zero-order valence-electron chi connectivity index (χ0n) is 12.5. The fourth-order valence-corrected chi connectivity index (χ4v) is 3.56. The number of piperidine rings is 1. The van der Waals surface area contributed by atoms with Gasteiger partial charge in [-0.05, 0) is 25.7 Å². The second-order valence-electron chi connectivity index (χ2n) is 5.60. The number of rotatable bonds is 4. The van der Waals surface area contributed by atoms with Gasteiger partial charge in [0, 0.05) is 19.2 Å². The Hall–Kier alpha value is -1.34. The Labute approximate surface area is 125 Å². The Morgan fingerprint density at radius 1 is 1.43 bits per heavy atom. The molecule has 0 saturated carbocycles. The molecule has 2 heterocycles. The average molecular weight is 314 g/mol. The highest BCUT2D eigenvalue weighted by molar-refractivity contribution is 7.89. The molecule has 0 aromatic carbocycles. The van der Waals surface area contributed by atoms with E-state index in [-0.39, 0.29) is 22.3 Å². The third-order valence-corrected chi connectivity index (χ3v) is 5.01. The van der Waals surface area contributed by atoms with Crippen LogP contribution in [0.4, 0.5) is 0 Å². The van der Waals surface area contributed by atoms with Crippen molar-refractivity contribution in [3.05, 3.63) is 17.6 Å². The molecule has 0 aliphatic carbocycles. The summed E-state index contributed by atoms with van der Waals surface area (Å²) in [6.45, 7) is 5.03. The van der Waals surface area contributed by atoms with Gasteiger partial charge in [-0.1, -0.05) is 19.8 Å². The predicted molar refractivity (Wildman–Crippen MR) is 78.4 cm³/mol. The number of likely N-dealkylation sites (tertiary alicyclic amines) is 1. The smallest absolute Gasteiger partial charge is 0.289 e. The van der Waals surface area contributed by atoms with Gasteiger partial charge in [-0.3, -0.25) is 4.79 Å². The molecule has 1 aliphatic heterocycles. The standard InChI is InChI=1S/C14H22N2O4S/c1-3-4-11-5-7-16(8-6-11)14(17)12-9-13(10(2)20-12)21(15,18)19/h9,11H,3-8H2,1-2H3,(H2,15,18,19). The normalized spacial score (nSPS) is 17.2. The molecule has 1 saturated heterocycles. The lowest BCUT2D eigenvalue weighted by Gasteiger charge is -2.31. The van der Waals surface area contributed by atoms with E-state index in [9.17, 15) is 13.2 Å². The molecule has 1 aromatic heterocycles. The van der Waals surface area contributed by atoms with Crippen molar-refractivity contribution in [1.82, 2.24) is 4.90 Å². The Balaban J connectivity index is 2.08. The predicted octanol–water partition coefficient (Wildman–Crippen LogP) is 1.89. The first kappa shape index (κ1) is 16.0. The van der Waals surface area contributed by atoms with E-state index in [1.54, 1.807) is 4.90 Å². The number of furan rings is 1. The maximum absolute atomic E-state index is 12.4. The third kappa shape index (κ3) is 3.65. The van der Waals surface area contributed by atoms with Gasteiger partial charge < -0.3 is 9.32 Å². The number of sulfonamides is 1. The van der Waals surface area contributed by atoms with E-state index in [1.807, 2.05) is 0 Å². The van der Waals surface area contributed by atoms with E-state index in [4.69, 9.17) is 9.56 Å². The second-order valence-corrected chi connectivity index (χ2v) is 7.13. The summed E-state index contributed by atoms with van der Waals surface area (Å²) < 4.78 is 28.0. The van der Waals surface area contributed by atoms with Gasteiger partial charge in [-0.15, -0.1) is 0 Å². The van der Waals surface area contributed by atoms with Crippen molar-refractivity contribution < 1.29 is 17.6 Å². The van der Waals surface area contributed by atoms with Crippen molar-refractivity contribution >= 4 is 15.9 Å². The molecule has 0 atom stereocenters. The monoisotopic (exact) mass is 314 g/mol. The summed E-state index contributed by atoms with van der Waals surface area (Å²) in [5, 5.41) is 5.09. The van der Waals surface area contributed by atoms with Gasteiger partial charge in [-0.2, -0.15) is 0 Å². The molecule has 0 radical (unpaired) electrons. The maximum Gasteiger partial charge on any atom is 0.289 e. The molecular weight excluding hydrogens is 292 g/mol. The average Bonchev–Trinajstić information content (AvgIpc) is 2.81. The van der Waals surface area contributed by atoms with E-state index in [0.717, 1.165) is 19.3 Å². The first-order valence-corrected chi connectivity index (χ1v) is 8.80. The Morgan fingerprint density at radius 3 is 2.52 bits per heavy atom. The Kier molecular flexibility index (Phi) is 4.73. The van der Waals surface area contributed by atoms with E-state index in [1.165, 1.54) is 19.4 Å². The minimum Gasteiger partial charge on any atom is -0.455 e. The number of amides is 1. The highest BCUT2D eigenvalue weighted by Gasteiger charge is 2.27. The summed E-state index contributed by atoms with van der Waals surface area (Å²) in [5.41, 5.74) is 0. The molecule has 21 heavy (non-hydrogen) atoms. The van der Waals surface area contributed by atoms with Gasteiger partial charge in [-0.25, -0.2) is 13.6 Å². The van der Waals surface area contributed by atoms with Crippen LogP contribution in [0.15, 0.2) is 15.4 Å². The zero-order chi connectivity index (χ0) is 15.6. The van der Waals surface area contributed by atoms with E-state index >= 15 is 0 Å². The molecule has 2 rings (SSSR count). The topological polar surface area (TPSA) is 93.6 Å². The molecule has 1 fully saturated rings. The fraction of sp³-hybridized carbons (Fsp3) is 0.643. The number of hydrogen-bond donors (Lipinski definition) is 1. The molecule has 0 bridgehead atoms. The quantitative estimate of drug-likeness (QED) is 0.918. The minimum absolute atomic E-state index is 0.0467. The number of aryl methyl sites for hydroxylation is 1. The van der Waals surface area contributed by atoms with Crippen molar-refractivity contribution in [2.45, 2.75) is 44.4 Å². The maximum atomic E-state index is 12.4. The summed E-state index contributed by atoms with van der Waals surface area (Å²) >= 11 is 0. The molecule has 0 unspecified atom stereocenters. The number of primary sulfonamides is 1. The molecule has 1 aliphatic rings. The van der Waals surface area contributed by atoms with Crippen molar-refractivity contribution in [3.8, 4) is 0 Å². The fourth-order valence-electron chi connectivity index (χ4n) is 2.84. The van der Waals surface area contributed by atoms with Gasteiger partial charge in [0.2, 0.25) is 10.0 Å². The van der Waals surface area contributed by atoms with Gasteiger partial charge in [0.25, 0.3) is 5.91 Å². The SMILES string of the molecule is CCCC1CCN(C(=O)c2cc(S(N)(=O)=O)c(C)o2)CC1. The molecule has 6 nitrogen and oxygen atoms in total. The summed E-state index contributed by atoms with van der Waals surface area (Å²) in [7, 11) is -3.86. The van der Waals surface area contributed by atoms with Gasteiger partial charge in [0.05, 0.1) is 0 Å². The van der Waals surface area contributed by atoms with E-state index < -0.39 is 10.0 Å².